The van der Waals surface area contributed by atoms with E-state index in [4.69, 9.17) is 10.2 Å². The monoisotopic (exact) mass is 288 g/mol. The number of benzene rings is 1. The number of hydrogen-bond donors (Lipinski definition) is 2. The molecule has 104 valence electrons. The molecule has 10 heteroatoms. The van der Waals surface area contributed by atoms with Gasteiger partial charge in [0.1, 0.15) is 16.7 Å². The second-order valence-corrected chi connectivity index (χ2v) is 3.18. The Morgan fingerprint density at radius 1 is 0.789 bits per heavy atom. The molecule has 0 aliphatic carbocycles. The highest BCUT2D eigenvalue weighted by atomic mass is 19.4. The summed E-state index contributed by atoms with van der Waals surface area (Å²) in [6, 6.07) is 0. The summed E-state index contributed by atoms with van der Waals surface area (Å²) in [7, 11) is 0. The first-order chi connectivity index (χ1) is 8.50. The highest BCUT2D eigenvalue weighted by Gasteiger charge is 2.44. The number of aromatic carboxylic acids is 2. The predicted octanol–water partition coefficient (Wildman–Crippen LogP) is 2.52. The average Bonchev–Trinajstić information content (AvgIpc) is 2.12. The van der Waals surface area contributed by atoms with Gasteiger partial charge in [0.15, 0.2) is 17.5 Å². The number of carboxylic acids is 2. The summed E-state index contributed by atoms with van der Waals surface area (Å²) in [5.74, 6) is -12.9. The molecule has 0 fully saturated rings. The van der Waals surface area contributed by atoms with Gasteiger partial charge in [0.25, 0.3) is 0 Å². The van der Waals surface area contributed by atoms with Crippen molar-refractivity contribution in [3.8, 4) is 0 Å². The Labute approximate surface area is 99.4 Å². The van der Waals surface area contributed by atoms with Gasteiger partial charge in [-0.1, -0.05) is 0 Å². The molecule has 0 unspecified atom stereocenters. The van der Waals surface area contributed by atoms with E-state index in [1.165, 1.54) is 0 Å². The lowest BCUT2D eigenvalue weighted by Crippen LogP contribution is -2.21. The van der Waals surface area contributed by atoms with Crippen molar-refractivity contribution in [2.45, 2.75) is 6.18 Å². The van der Waals surface area contributed by atoms with E-state index >= 15 is 0 Å². The molecule has 0 aliphatic rings. The Hall–Kier alpha value is -2.26. The molecular weight excluding hydrogens is 286 g/mol. The van der Waals surface area contributed by atoms with Crippen LogP contribution in [0.2, 0.25) is 0 Å². The van der Waals surface area contributed by atoms with E-state index in [0.717, 1.165) is 0 Å². The Morgan fingerprint density at radius 2 is 1.11 bits per heavy atom. The van der Waals surface area contributed by atoms with Crippen molar-refractivity contribution in [1.82, 2.24) is 0 Å². The van der Waals surface area contributed by atoms with Crippen LogP contribution < -0.4 is 0 Å². The lowest BCUT2D eigenvalue weighted by atomic mass is 10.0. The van der Waals surface area contributed by atoms with Crippen molar-refractivity contribution in [1.29, 1.82) is 0 Å². The van der Waals surface area contributed by atoms with Gasteiger partial charge in [-0.15, -0.1) is 0 Å². The number of carboxylic acid groups (broad SMARTS) is 2. The van der Waals surface area contributed by atoms with Crippen LogP contribution in [0.25, 0.3) is 0 Å². The number of alkyl halides is 3. The van der Waals surface area contributed by atoms with Crippen LogP contribution in [0, 0.1) is 17.5 Å². The van der Waals surface area contributed by atoms with Crippen LogP contribution in [0.4, 0.5) is 26.3 Å². The van der Waals surface area contributed by atoms with Gasteiger partial charge in [-0.25, -0.2) is 22.8 Å². The molecule has 0 aliphatic heterocycles. The first-order valence-corrected chi connectivity index (χ1v) is 4.24. The van der Waals surface area contributed by atoms with E-state index in [9.17, 15) is 35.9 Å². The highest BCUT2D eigenvalue weighted by Crippen LogP contribution is 2.37. The van der Waals surface area contributed by atoms with Gasteiger partial charge in [0, 0.05) is 0 Å². The molecule has 0 aromatic heterocycles. The van der Waals surface area contributed by atoms with Crippen molar-refractivity contribution in [2.75, 3.05) is 0 Å². The fourth-order valence-electron chi connectivity index (χ4n) is 1.29. The van der Waals surface area contributed by atoms with Crippen LogP contribution in [0.5, 0.6) is 0 Å². The molecule has 0 atom stereocenters. The van der Waals surface area contributed by atoms with Crippen LogP contribution >= 0.6 is 0 Å². The Bertz CT molecular complexity index is 536. The third-order valence-electron chi connectivity index (χ3n) is 2.03. The van der Waals surface area contributed by atoms with Crippen molar-refractivity contribution >= 4 is 11.9 Å². The first-order valence-electron chi connectivity index (χ1n) is 4.24. The maximum absolute atomic E-state index is 13.3. The lowest BCUT2D eigenvalue weighted by molar-refractivity contribution is -0.142. The largest absolute Gasteiger partial charge is 0.477 e. The lowest BCUT2D eigenvalue weighted by Gasteiger charge is -2.13. The van der Waals surface area contributed by atoms with Crippen LogP contribution in [-0.2, 0) is 6.18 Å². The molecule has 1 aromatic rings. The molecule has 0 spiro atoms. The van der Waals surface area contributed by atoms with E-state index in [1.807, 2.05) is 0 Å². The Kier molecular flexibility index (Phi) is 3.46. The van der Waals surface area contributed by atoms with Crippen molar-refractivity contribution < 1.29 is 46.1 Å². The minimum absolute atomic E-state index is 2.19. The molecule has 1 rings (SSSR count). The topological polar surface area (TPSA) is 74.6 Å². The van der Waals surface area contributed by atoms with Crippen LogP contribution in [0.1, 0.15) is 26.3 Å². The van der Waals surface area contributed by atoms with Crippen LogP contribution in [-0.4, -0.2) is 22.2 Å². The van der Waals surface area contributed by atoms with Gasteiger partial charge in [-0.3, -0.25) is 0 Å². The summed E-state index contributed by atoms with van der Waals surface area (Å²) < 4.78 is 76.7. The second kappa shape index (κ2) is 4.44. The zero-order chi connectivity index (χ0) is 15.1. The average molecular weight is 288 g/mol. The maximum Gasteiger partial charge on any atom is 0.422 e. The molecule has 0 radical (unpaired) electrons. The number of rotatable bonds is 2. The van der Waals surface area contributed by atoms with E-state index in [0.29, 0.717) is 0 Å². The van der Waals surface area contributed by atoms with Crippen molar-refractivity contribution in [3.63, 3.8) is 0 Å². The molecule has 0 saturated heterocycles. The van der Waals surface area contributed by atoms with Gasteiger partial charge in [0.2, 0.25) is 0 Å². The quantitative estimate of drug-likeness (QED) is 0.820. The first kappa shape index (κ1) is 14.8. The molecule has 0 saturated carbocycles. The van der Waals surface area contributed by atoms with Crippen molar-refractivity contribution in [2.24, 2.45) is 0 Å². The van der Waals surface area contributed by atoms with E-state index in [2.05, 4.69) is 0 Å². The standard InChI is InChI=1S/C9H2F6O4/c10-4-1(7(16)17)5(11)3(9(13,14)15)6(12)2(4)8(18)19/h(H,16,17)(H,18,19). The number of hydrogen-bond acceptors (Lipinski definition) is 2. The Morgan fingerprint density at radius 3 is 1.32 bits per heavy atom. The number of halogens is 6. The molecule has 1 aromatic carbocycles. The minimum Gasteiger partial charge on any atom is -0.477 e. The van der Waals surface area contributed by atoms with Crippen molar-refractivity contribution in [3.05, 3.63) is 34.1 Å². The van der Waals surface area contributed by atoms with Gasteiger partial charge in [0.05, 0.1) is 0 Å². The third-order valence-corrected chi connectivity index (χ3v) is 2.03. The third kappa shape index (κ3) is 2.33. The number of carbonyl (C=O) groups is 2. The SMILES string of the molecule is O=C(O)c1c(F)c(C(=O)O)c(F)c(C(F)(F)F)c1F. The summed E-state index contributed by atoms with van der Waals surface area (Å²) in [6.07, 6.45) is -5.73. The summed E-state index contributed by atoms with van der Waals surface area (Å²) in [5, 5.41) is 16.7. The predicted molar refractivity (Wildman–Crippen MR) is 45.2 cm³/mol. The normalized spacial score (nSPS) is 11.5. The fourth-order valence-corrected chi connectivity index (χ4v) is 1.29. The van der Waals surface area contributed by atoms with Gasteiger partial charge < -0.3 is 10.2 Å². The van der Waals surface area contributed by atoms with Crippen LogP contribution in [0.3, 0.4) is 0 Å². The molecule has 0 heterocycles. The molecule has 4 nitrogen and oxygen atoms in total. The maximum atomic E-state index is 13.3. The summed E-state index contributed by atoms with van der Waals surface area (Å²) >= 11 is 0. The minimum atomic E-state index is -5.73. The molecular formula is C9H2F6O4. The van der Waals surface area contributed by atoms with Gasteiger partial charge >= 0.3 is 18.1 Å². The smallest absolute Gasteiger partial charge is 0.422 e. The molecule has 2 N–H and O–H groups in total. The zero-order valence-corrected chi connectivity index (χ0v) is 8.48. The van der Waals surface area contributed by atoms with Gasteiger partial charge in [-0.2, -0.15) is 13.2 Å². The molecule has 0 bridgehead atoms. The van der Waals surface area contributed by atoms with Crippen LogP contribution in [0.15, 0.2) is 0 Å². The fraction of sp³-hybridized carbons (Fsp3) is 0.111. The zero-order valence-electron chi connectivity index (χ0n) is 8.48. The second-order valence-electron chi connectivity index (χ2n) is 3.18. The molecule has 0 amide bonds. The Balaban J connectivity index is 3.97. The van der Waals surface area contributed by atoms with Gasteiger partial charge in [-0.05, 0) is 0 Å². The summed E-state index contributed by atoms with van der Waals surface area (Å²) in [4.78, 5) is 20.9. The summed E-state index contributed by atoms with van der Waals surface area (Å²) in [6.45, 7) is 0. The van der Waals surface area contributed by atoms with E-state index in [-0.39, 0.29) is 0 Å². The summed E-state index contributed by atoms with van der Waals surface area (Å²) in [5.41, 5.74) is -7.15. The molecule has 19 heavy (non-hydrogen) atoms. The van der Waals surface area contributed by atoms with E-state index in [1.54, 1.807) is 0 Å². The van der Waals surface area contributed by atoms with E-state index < -0.39 is 52.3 Å². The highest BCUT2D eigenvalue weighted by molar-refractivity contribution is 5.95.